The highest BCUT2D eigenvalue weighted by atomic mass is 16.5. The van der Waals surface area contributed by atoms with Gasteiger partial charge in [0, 0.05) is 6.20 Å². The van der Waals surface area contributed by atoms with Gasteiger partial charge in [-0.15, -0.1) is 0 Å². The molecule has 3 aromatic rings. The summed E-state index contributed by atoms with van der Waals surface area (Å²) in [6, 6.07) is 17.4. The summed E-state index contributed by atoms with van der Waals surface area (Å²) >= 11 is 0. The van der Waals surface area contributed by atoms with Crippen molar-refractivity contribution in [2.75, 3.05) is 11.5 Å². The van der Waals surface area contributed by atoms with Gasteiger partial charge >= 0.3 is 0 Å². The number of aromatic nitrogens is 1. The number of furan rings is 1. The number of carbonyl (C=O) groups excluding carboxylic acids is 1. The Hall–Kier alpha value is -2.92. The number of pyridine rings is 1. The summed E-state index contributed by atoms with van der Waals surface area (Å²) in [5.41, 5.74) is 2.36. The monoisotopic (exact) mass is 348 g/mol. The van der Waals surface area contributed by atoms with Gasteiger partial charge in [-0.05, 0) is 41.8 Å². The molecule has 1 aromatic carbocycles. The van der Waals surface area contributed by atoms with E-state index in [0.717, 1.165) is 12.0 Å². The minimum atomic E-state index is -0.227. The molecule has 3 heterocycles. The Morgan fingerprint density at radius 1 is 1.12 bits per heavy atom. The van der Waals surface area contributed by atoms with Gasteiger partial charge < -0.3 is 9.15 Å². The Labute approximate surface area is 152 Å². The van der Waals surface area contributed by atoms with Crippen LogP contribution in [0.4, 0.5) is 5.82 Å². The molecule has 0 spiro atoms. The minimum absolute atomic E-state index is 0.0400. The minimum Gasteiger partial charge on any atom is -0.467 e. The van der Waals surface area contributed by atoms with Gasteiger partial charge in [0.2, 0.25) is 5.91 Å². The topological polar surface area (TPSA) is 55.6 Å². The van der Waals surface area contributed by atoms with Gasteiger partial charge in [0.15, 0.2) is 0 Å². The molecule has 0 unspecified atom stereocenters. The molecule has 0 saturated carbocycles. The van der Waals surface area contributed by atoms with Crippen LogP contribution >= 0.6 is 0 Å². The average molecular weight is 348 g/mol. The van der Waals surface area contributed by atoms with Crippen LogP contribution in [0.2, 0.25) is 0 Å². The lowest BCUT2D eigenvalue weighted by atomic mass is 9.95. The van der Waals surface area contributed by atoms with Crippen molar-refractivity contribution in [1.82, 2.24) is 4.98 Å². The third kappa shape index (κ3) is 3.53. The molecular weight excluding hydrogens is 328 g/mol. The molecular formula is C21H20N2O3. The molecule has 0 aliphatic carbocycles. The van der Waals surface area contributed by atoms with E-state index >= 15 is 0 Å². The van der Waals surface area contributed by atoms with Crippen LogP contribution in [-0.4, -0.2) is 17.5 Å². The molecule has 0 bridgehead atoms. The van der Waals surface area contributed by atoms with Crippen LogP contribution in [0.25, 0.3) is 0 Å². The molecule has 1 aliphatic rings. The Balaban J connectivity index is 1.57. The highest BCUT2D eigenvalue weighted by molar-refractivity contribution is 5.92. The van der Waals surface area contributed by atoms with Crippen LogP contribution in [-0.2, 0) is 22.5 Å². The van der Waals surface area contributed by atoms with Crippen LogP contribution in [0.3, 0.4) is 0 Å². The molecule has 0 N–H and O–H groups in total. The molecule has 1 aliphatic heterocycles. The average Bonchev–Trinajstić information content (AvgIpc) is 3.20. The molecule has 1 atom stereocenters. The predicted molar refractivity (Wildman–Crippen MR) is 97.6 cm³/mol. The Morgan fingerprint density at radius 2 is 2.00 bits per heavy atom. The zero-order valence-corrected chi connectivity index (χ0v) is 14.4. The summed E-state index contributed by atoms with van der Waals surface area (Å²) < 4.78 is 11.3. The molecule has 2 aromatic heterocycles. The van der Waals surface area contributed by atoms with Crippen LogP contribution < -0.4 is 4.90 Å². The summed E-state index contributed by atoms with van der Waals surface area (Å²) in [6.07, 6.45) is 4.22. The highest BCUT2D eigenvalue weighted by Crippen LogP contribution is 2.30. The summed E-state index contributed by atoms with van der Waals surface area (Å²) in [6.45, 7) is 0.980. The van der Waals surface area contributed by atoms with Gasteiger partial charge in [-0.1, -0.05) is 30.3 Å². The fourth-order valence-corrected chi connectivity index (χ4v) is 3.28. The van der Waals surface area contributed by atoms with Crippen molar-refractivity contribution in [2.24, 2.45) is 0 Å². The fourth-order valence-electron chi connectivity index (χ4n) is 3.28. The van der Waals surface area contributed by atoms with Crippen molar-refractivity contribution in [2.45, 2.75) is 25.5 Å². The van der Waals surface area contributed by atoms with E-state index in [1.165, 1.54) is 5.56 Å². The van der Waals surface area contributed by atoms with Gasteiger partial charge in [-0.2, -0.15) is 0 Å². The van der Waals surface area contributed by atoms with Crippen LogP contribution in [0.15, 0.2) is 71.5 Å². The first-order chi connectivity index (χ1) is 12.8. The summed E-state index contributed by atoms with van der Waals surface area (Å²) in [4.78, 5) is 19.1. The van der Waals surface area contributed by atoms with Crippen LogP contribution in [0.5, 0.6) is 0 Å². The second kappa shape index (κ2) is 7.54. The number of carbonyl (C=O) groups is 1. The van der Waals surface area contributed by atoms with Gasteiger partial charge in [-0.25, -0.2) is 4.98 Å². The van der Waals surface area contributed by atoms with Crippen LogP contribution in [0.1, 0.15) is 29.4 Å². The fraction of sp³-hybridized carbons (Fsp3) is 0.238. The maximum absolute atomic E-state index is 13.1. The van der Waals surface area contributed by atoms with E-state index in [1.54, 1.807) is 17.4 Å². The molecule has 4 rings (SSSR count). The number of rotatable bonds is 5. The largest absolute Gasteiger partial charge is 0.467 e. The first-order valence-electron chi connectivity index (χ1n) is 8.74. The zero-order valence-electron chi connectivity index (χ0n) is 14.4. The number of hydrogen-bond donors (Lipinski definition) is 0. The van der Waals surface area contributed by atoms with Gasteiger partial charge in [0.05, 0.1) is 31.9 Å². The molecule has 0 saturated heterocycles. The zero-order chi connectivity index (χ0) is 17.8. The van der Waals surface area contributed by atoms with E-state index in [9.17, 15) is 4.79 Å². The second-order valence-corrected chi connectivity index (χ2v) is 6.26. The lowest BCUT2D eigenvalue weighted by Gasteiger charge is -2.28. The quantitative estimate of drug-likeness (QED) is 0.701. The first-order valence-corrected chi connectivity index (χ1v) is 8.74. The van der Waals surface area contributed by atoms with Crippen LogP contribution in [0, 0.1) is 0 Å². The van der Waals surface area contributed by atoms with Gasteiger partial charge in [0.1, 0.15) is 11.6 Å². The van der Waals surface area contributed by atoms with E-state index in [0.29, 0.717) is 24.7 Å². The molecule has 5 heteroatoms. The maximum atomic E-state index is 13.1. The summed E-state index contributed by atoms with van der Waals surface area (Å²) in [7, 11) is 0. The number of nitrogens with zero attached hydrogens (tertiary/aromatic N) is 2. The second-order valence-electron chi connectivity index (χ2n) is 6.26. The van der Waals surface area contributed by atoms with E-state index in [2.05, 4.69) is 11.1 Å². The van der Waals surface area contributed by atoms with Crippen molar-refractivity contribution >= 4 is 11.7 Å². The first kappa shape index (κ1) is 16.5. The summed E-state index contributed by atoms with van der Waals surface area (Å²) in [5, 5.41) is 0. The molecule has 0 fully saturated rings. The SMILES string of the molecule is O=C(C[C@@H]1OCCc2ccccc21)N(Cc1ccco1)c1ccccn1. The molecule has 1 amide bonds. The third-order valence-electron chi connectivity index (χ3n) is 4.57. The van der Waals surface area contributed by atoms with E-state index in [4.69, 9.17) is 9.15 Å². The highest BCUT2D eigenvalue weighted by Gasteiger charge is 2.27. The standard InChI is InChI=1S/C21H20N2O3/c24-21(14-19-18-8-2-1-6-16(18)10-13-26-19)23(15-17-7-5-12-25-17)20-9-3-4-11-22-20/h1-9,11-12,19H,10,13-15H2/t19-/m0/s1. The number of fused-ring (bicyclic) bond motifs is 1. The number of benzene rings is 1. The lowest BCUT2D eigenvalue weighted by Crippen LogP contribution is -2.33. The molecule has 5 nitrogen and oxygen atoms in total. The van der Waals surface area contributed by atoms with E-state index < -0.39 is 0 Å². The molecule has 26 heavy (non-hydrogen) atoms. The van der Waals surface area contributed by atoms with E-state index in [-0.39, 0.29) is 18.4 Å². The number of amides is 1. The van der Waals surface area contributed by atoms with Crippen molar-refractivity contribution in [1.29, 1.82) is 0 Å². The lowest BCUT2D eigenvalue weighted by molar-refractivity contribution is -0.122. The number of ether oxygens (including phenoxy) is 1. The maximum Gasteiger partial charge on any atom is 0.231 e. The van der Waals surface area contributed by atoms with Crippen molar-refractivity contribution < 1.29 is 13.9 Å². The van der Waals surface area contributed by atoms with Crippen molar-refractivity contribution in [3.05, 3.63) is 83.9 Å². The van der Waals surface area contributed by atoms with Crippen molar-refractivity contribution in [3.63, 3.8) is 0 Å². The smallest absolute Gasteiger partial charge is 0.231 e. The Morgan fingerprint density at radius 3 is 2.81 bits per heavy atom. The summed E-state index contributed by atoms with van der Waals surface area (Å²) in [5.74, 6) is 1.29. The van der Waals surface area contributed by atoms with Gasteiger partial charge in [0.25, 0.3) is 0 Å². The number of anilines is 1. The molecule has 132 valence electrons. The van der Waals surface area contributed by atoms with Gasteiger partial charge in [-0.3, -0.25) is 9.69 Å². The Bertz CT molecular complexity index is 862. The number of hydrogen-bond acceptors (Lipinski definition) is 4. The Kier molecular flexibility index (Phi) is 4.80. The van der Waals surface area contributed by atoms with E-state index in [1.807, 2.05) is 48.5 Å². The normalized spacial score (nSPS) is 16.1. The molecule has 0 radical (unpaired) electrons. The predicted octanol–water partition coefficient (Wildman–Crippen LogP) is 3.91. The third-order valence-corrected chi connectivity index (χ3v) is 4.57. The van der Waals surface area contributed by atoms with Crippen molar-refractivity contribution in [3.8, 4) is 0 Å².